The van der Waals surface area contributed by atoms with Gasteiger partial charge in [0.05, 0.1) is 6.54 Å². The van der Waals surface area contributed by atoms with E-state index < -0.39 is 12.8 Å². The van der Waals surface area contributed by atoms with Crippen LogP contribution in [0.25, 0.3) is 0 Å². The Kier molecular flexibility index (Phi) is 12.7. The van der Waals surface area contributed by atoms with Crippen molar-refractivity contribution in [2.24, 2.45) is 10.9 Å². The summed E-state index contributed by atoms with van der Waals surface area (Å²) in [5.74, 6) is 1.45. The number of ether oxygens (including phenoxy) is 1. The van der Waals surface area contributed by atoms with E-state index in [1.165, 1.54) is 0 Å². The second-order valence-corrected chi connectivity index (χ2v) is 8.27. The molecule has 1 unspecified atom stereocenters. The molecule has 1 fully saturated rings. The number of guanidine groups is 1. The van der Waals surface area contributed by atoms with Gasteiger partial charge < -0.3 is 20.3 Å². The van der Waals surface area contributed by atoms with Gasteiger partial charge in [-0.25, -0.2) is 4.99 Å². The number of benzene rings is 1. The zero-order chi connectivity index (χ0) is 22.9. The lowest BCUT2D eigenvalue weighted by Crippen LogP contribution is -2.55. The molecule has 1 atom stereocenters. The van der Waals surface area contributed by atoms with Crippen LogP contribution in [0.1, 0.15) is 26.3 Å². The molecule has 1 saturated heterocycles. The minimum absolute atomic E-state index is 0. The molecule has 6 nitrogen and oxygen atoms in total. The van der Waals surface area contributed by atoms with Crippen LogP contribution in [0.5, 0.6) is 5.75 Å². The third-order valence-electron chi connectivity index (χ3n) is 5.34. The van der Waals surface area contributed by atoms with Crippen molar-refractivity contribution in [1.29, 1.82) is 0 Å². The molecule has 10 heteroatoms. The molecule has 1 aromatic rings. The van der Waals surface area contributed by atoms with Gasteiger partial charge in [-0.1, -0.05) is 26.0 Å². The molecule has 0 saturated carbocycles. The summed E-state index contributed by atoms with van der Waals surface area (Å²) in [4.78, 5) is 9.53. The molecule has 184 valence electrons. The molecule has 0 radical (unpaired) electrons. The van der Waals surface area contributed by atoms with E-state index in [4.69, 9.17) is 4.74 Å². The summed E-state index contributed by atoms with van der Waals surface area (Å²) >= 11 is 0. The average Bonchev–Trinajstić information content (AvgIpc) is 2.72. The van der Waals surface area contributed by atoms with Crippen LogP contribution in [0.2, 0.25) is 0 Å². The number of rotatable bonds is 9. The molecular weight excluding hydrogens is 534 g/mol. The van der Waals surface area contributed by atoms with Crippen LogP contribution >= 0.6 is 24.0 Å². The van der Waals surface area contributed by atoms with Gasteiger partial charge >= 0.3 is 6.18 Å². The number of halogens is 4. The van der Waals surface area contributed by atoms with Gasteiger partial charge in [0.1, 0.15) is 5.75 Å². The fourth-order valence-electron chi connectivity index (χ4n) is 3.51. The second-order valence-electron chi connectivity index (χ2n) is 8.27. The average molecular weight is 571 g/mol. The van der Waals surface area contributed by atoms with Gasteiger partial charge in [0.25, 0.3) is 0 Å². The summed E-state index contributed by atoms with van der Waals surface area (Å²) in [6.45, 7) is 11.5. The molecule has 32 heavy (non-hydrogen) atoms. The highest BCUT2D eigenvalue weighted by Crippen LogP contribution is 2.19. The van der Waals surface area contributed by atoms with Gasteiger partial charge in [0.15, 0.2) is 12.6 Å². The van der Waals surface area contributed by atoms with Gasteiger partial charge in [0.2, 0.25) is 0 Å². The predicted octanol–water partition coefficient (Wildman–Crippen LogP) is 3.57. The van der Waals surface area contributed by atoms with Crippen molar-refractivity contribution in [1.82, 2.24) is 20.4 Å². The number of alkyl halides is 3. The number of likely N-dealkylation sites (N-methyl/N-ethyl adjacent to an activating group) is 1. The number of nitrogens with zero attached hydrogens (tertiary/aromatic N) is 3. The molecule has 2 rings (SSSR count). The monoisotopic (exact) mass is 571 g/mol. The lowest BCUT2D eigenvalue weighted by Gasteiger charge is -2.40. The summed E-state index contributed by atoms with van der Waals surface area (Å²) in [5, 5.41) is 6.73. The Morgan fingerprint density at radius 1 is 1.09 bits per heavy atom. The fourth-order valence-corrected chi connectivity index (χ4v) is 3.51. The van der Waals surface area contributed by atoms with Crippen LogP contribution in [-0.4, -0.2) is 80.9 Å². The summed E-state index contributed by atoms with van der Waals surface area (Å²) in [5.41, 5.74) is 0.899. The maximum atomic E-state index is 12.3. The lowest BCUT2D eigenvalue weighted by atomic mass is 10.0. The molecule has 1 aliphatic rings. The van der Waals surface area contributed by atoms with Crippen LogP contribution in [0.3, 0.4) is 0 Å². The molecular formula is C22H37F3IN5O. The maximum Gasteiger partial charge on any atom is 0.422 e. The van der Waals surface area contributed by atoms with Gasteiger partial charge in [0, 0.05) is 45.3 Å². The zero-order valence-electron chi connectivity index (χ0n) is 19.4. The maximum absolute atomic E-state index is 12.3. The van der Waals surface area contributed by atoms with E-state index in [-0.39, 0.29) is 29.7 Å². The minimum atomic E-state index is -4.34. The van der Waals surface area contributed by atoms with Crippen molar-refractivity contribution < 1.29 is 17.9 Å². The second kappa shape index (κ2) is 14.1. The zero-order valence-corrected chi connectivity index (χ0v) is 21.7. The molecule has 0 aromatic heterocycles. The first-order valence-corrected chi connectivity index (χ1v) is 10.9. The molecule has 2 N–H and O–H groups in total. The summed E-state index contributed by atoms with van der Waals surface area (Å²) in [6.07, 6.45) is -4.34. The molecule has 1 aliphatic heterocycles. The van der Waals surface area contributed by atoms with E-state index in [9.17, 15) is 13.2 Å². The number of piperazine rings is 1. The molecule has 0 amide bonds. The Morgan fingerprint density at radius 2 is 1.72 bits per heavy atom. The normalized spacial score (nSPS) is 17.1. The van der Waals surface area contributed by atoms with Crippen molar-refractivity contribution in [3.8, 4) is 5.75 Å². The van der Waals surface area contributed by atoms with Crippen molar-refractivity contribution in [2.45, 2.75) is 39.5 Å². The number of hydrogen-bond donors (Lipinski definition) is 2. The first-order valence-electron chi connectivity index (χ1n) is 10.9. The van der Waals surface area contributed by atoms with Gasteiger partial charge in [-0.05, 0) is 37.6 Å². The van der Waals surface area contributed by atoms with Gasteiger partial charge in [-0.3, -0.25) is 4.90 Å². The number of hydrogen-bond acceptors (Lipinski definition) is 4. The number of aliphatic imine (C=N–C) groups is 1. The summed E-state index contributed by atoms with van der Waals surface area (Å²) < 4.78 is 41.5. The van der Waals surface area contributed by atoms with E-state index >= 15 is 0 Å². The molecule has 0 spiro atoms. The molecule has 1 heterocycles. The summed E-state index contributed by atoms with van der Waals surface area (Å²) in [6, 6.07) is 6.97. The van der Waals surface area contributed by atoms with E-state index in [0.717, 1.165) is 50.8 Å². The smallest absolute Gasteiger partial charge is 0.422 e. The topological polar surface area (TPSA) is 52.1 Å². The van der Waals surface area contributed by atoms with Gasteiger partial charge in [-0.15, -0.1) is 24.0 Å². The largest absolute Gasteiger partial charge is 0.484 e. The van der Waals surface area contributed by atoms with E-state index in [0.29, 0.717) is 18.5 Å². The third kappa shape index (κ3) is 10.6. The standard InChI is InChI=1S/C22H36F3N5O.HI/c1-5-26-21(28-15-20(17(2)3)30-12-10-29(4)11-13-30)27-14-18-6-8-19(9-7-18)31-16-22(23,24)25;/h6-9,17,20H,5,10-16H2,1-4H3,(H2,26,27,28);1H. The highest BCUT2D eigenvalue weighted by Gasteiger charge is 2.28. The van der Waals surface area contributed by atoms with Crippen molar-refractivity contribution in [3.05, 3.63) is 29.8 Å². The lowest BCUT2D eigenvalue weighted by molar-refractivity contribution is -0.153. The molecule has 1 aromatic carbocycles. The van der Waals surface area contributed by atoms with E-state index in [2.05, 4.69) is 46.3 Å². The van der Waals surface area contributed by atoms with E-state index in [1.807, 2.05) is 6.92 Å². The fraction of sp³-hybridized carbons (Fsp3) is 0.682. The van der Waals surface area contributed by atoms with Crippen molar-refractivity contribution >= 4 is 29.9 Å². The highest BCUT2D eigenvalue weighted by atomic mass is 127. The minimum Gasteiger partial charge on any atom is -0.484 e. The van der Waals surface area contributed by atoms with Crippen LogP contribution in [0, 0.1) is 5.92 Å². The highest BCUT2D eigenvalue weighted by molar-refractivity contribution is 14.0. The predicted molar refractivity (Wildman–Crippen MR) is 134 cm³/mol. The Bertz CT molecular complexity index is 677. The Hall–Kier alpha value is -1.27. The van der Waals surface area contributed by atoms with Crippen LogP contribution in [0.15, 0.2) is 29.3 Å². The first kappa shape index (κ1) is 28.8. The first-order chi connectivity index (χ1) is 14.7. The third-order valence-corrected chi connectivity index (χ3v) is 5.34. The van der Waals surface area contributed by atoms with Crippen molar-refractivity contribution in [3.63, 3.8) is 0 Å². The summed E-state index contributed by atoms with van der Waals surface area (Å²) in [7, 11) is 2.16. The molecule has 0 bridgehead atoms. The van der Waals surface area contributed by atoms with E-state index in [1.54, 1.807) is 24.3 Å². The van der Waals surface area contributed by atoms with Crippen LogP contribution in [0.4, 0.5) is 13.2 Å². The van der Waals surface area contributed by atoms with Crippen LogP contribution < -0.4 is 15.4 Å². The Morgan fingerprint density at radius 3 is 2.25 bits per heavy atom. The SMILES string of the molecule is CCNC(=NCc1ccc(OCC(F)(F)F)cc1)NCC(C(C)C)N1CCN(C)CC1.I. The van der Waals surface area contributed by atoms with Crippen molar-refractivity contribution in [2.75, 3.05) is 52.9 Å². The van der Waals surface area contributed by atoms with Crippen LogP contribution in [-0.2, 0) is 6.54 Å². The number of nitrogens with one attached hydrogen (secondary N) is 2. The Balaban J connectivity index is 0.00000512. The molecule has 0 aliphatic carbocycles. The quantitative estimate of drug-likeness (QED) is 0.270. The Labute approximate surface area is 207 Å². The van der Waals surface area contributed by atoms with Gasteiger partial charge in [-0.2, -0.15) is 13.2 Å².